The third-order valence-electron chi connectivity index (χ3n) is 3.70. The van der Waals surface area contributed by atoms with Crippen molar-refractivity contribution in [1.82, 2.24) is 0 Å². The lowest BCUT2D eigenvalue weighted by Crippen LogP contribution is -1.99. The van der Waals surface area contributed by atoms with Crippen molar-refractivity contribution in [3.8, 4) is 0 Å². The molecule has 2 aliphatic rings. The van der Waals surface area contributed by atoms with Crippen LogP contribution >= 0.6 is 0 Å². The molecule has 0 nitrogen and oxygen atoms in total. The summed E-state index contributed by atoms with van der Waals surface area (Å²) in [4.78, 5) is 0. The molecule has 1 aromatic rings. The van der Waals surface area contributed by atoms with Gasteiger partial charge in [0.2, 0.25) is 0 Å². The molecule has 2 atom stereocenters. The van der Waals surface area contributed by atoms with Crippen molar-refractivity contribution in [2.75, 3.05) is 0 Å². The quantitative estimate of drug-likeness (QED) is 0.626. The largest absolute Gasteiger partial charge is 0.0876 e. The standard InChI is InChI=1S/C15H16/c1-2-6-13(7-3-1)9-11-15-10-5-4-8-14(15)12-15/h1-3,5-7,9-11,14H,4,8,12H2/b11-9+/t14-,15-/m0/s1. The minimum atomic E-state index is 0.439. The molecule has 0 amide bonds. The van der Waals surface area contributed by atoms with Gasteiger partial charge in [-0.05, 0) is 30.7 Å². The van der Waals surface area contributed by atoms with E-state index in [2.05, 4.69) is 54.6 Å². The van der Waals surface area contributed by atoms with Crippen molar-refractivity contribution in [3.63, 3.8) is 0 Å². The molecule has 0 radical (unpaired) electrons. The van der Waals surface area contributed by atoms with Crippen LogP contribution in [0, 0.1) is 11.3 Å². The highest BCUT2D eigenvalue weighted by Crippen LogP contribution is 2.59. The van der Waals surface area contributed by atoms with Gasteiger partial charge < -0.3 is 0 Å². The van der Waals surface area contributed by atoms with E-state index in [1.54, 1.807) is 0 Å². The van der Waals surface area contributed by atoms with Gasteiger partial charge in [-0.25, -0.2) is 0 Å². The molecule has 0 unspecified atom stereocenters. The highest BCUT2D eigenvalue weighted by atomic mass is 14.5. The first-order valence-corrected chi connectivity index (χ1v) is 5.81. The van der Waals surface area contributed by atoms with Gasteiger partial charge in [0.05, 0.1) is 0 Å². The second-order valence-corrected chi connectivity index (χ2v) is 4.74. The van der Waals surface area contributed by atoms with Crippen LogP contribution < -0.4 is 0 Å². The second kappa shape index (κ2) is 3.37. The van der Waals surface area contributed by atoms with Gasteiger partial charge >= 0.3 is 0 Å². The summed E-state index contributed by atoms with van der Waals surface area (Å²) in [5, 5.41) is 0. The molecule has 3 rings (SSSR count). The maximum Gasteiger partial charge on any atom is 0.00960 e. The van der Waals surface area contributed by atoms with Crippen LogP contribution in [0.3, 0.4) is 0 Å². The lowest BCUT2D eigenvalue weighted by molar-refractivity contribution is 0.612. The van der Waals surface area contributed by atoms with E-state index in [0.717, 1.165) is 5.92 Å². The second-order valence-electron chi connectivity index (χ2n) is 4.74. The average Bonchev–Trinajstić information content (AvgIpc) is 3.03. The minimum Gasteiger partial charge on any atom is -0.0876 e. The highest BCUT2D eigenvalue weighted by Gasteiger charge is 2.50. The maximum absolute atomic E-state index is 2.42. The molecule has 0 heteroatoms. The van der Waals surface area contributed by atoms with Gasteiger partial charge in [0.1, 0.15) is 0 Å². The number of fused-ring (bicyclic) bond motifs is 1. The van der Waals surface area contributed by atoms with Gasteiger partial charge in [-0.1, -0.05) is 54.6 Å². The van der Waals surface area contributed by atoms with E-state index in [4.69, 9.17) is 0 Å². The van der Waals surface area contributed by atoms with E-state index < -0.39 is 0 Å². The Morgan fingerprint density at radius 1 is 1.20 bits per heavy atom. The van der Waals surface area contributed by atoms with Crippen LogP contribution in [0.4, 0.5) is 0 Å². The molecule has 0 bridgehead atoms. The predicted octanol–water partition coefficient (Wildman–Crippen LogP) is 4.06. The van der Waals surface area contributed by atoms with E-state index in [-0.39, 0.29) is 0 Å². The first-order chi connectivity index (χ1) is 7.39. The predicted molar refractivity (Wildman–Crippen MR) is 64.4 cm³/mol. The van der Waals surface area contributed by atoms with E-state index in [0.29, 0.717) is 5.41 Å². The molecule has 1 aromatic carbocycles. The van der Waals surface area contributed by atoms with E-state index in [1.165, 1.54) is 24.8 Å². The van der Waals surface area contributed by atoms with Crippen LogP contribution in [0.25, 0.3) is 6.08 Å². The van der Waals surface area contributed by atoms with Crippen molar-refractivity contribution in [2.24, 2.45) is 11.3 Å². The van der Waals surface area contributed by atoms with Gasteiger partial charge in [-0.2, -0.15) is 0 Å². The average molecular weight is 196 g/mol. The van der Waals surface area contributed by atoms with Crippen molar-refractivity contribution in [1.29, 1.82) is 0 Å². The summed E-state index contributed by atoms with van der Waals surface area (Å²) >= 11 is 0. The number of hydrogen-bond acceptors (Lipinski definition) is 0. The topological polar surface area (TPSA) is 0 Å². The number of rotatable bonds is 2. The SMILES string of the molecule is C1=C[C@]2(/C=C/c3ccccc3)C[C@@H]2CC1. The van der Waals surface area contributed by atoms with E-state index in [9.17, 15) is 0 Å². The van der Waals surface area contributed by atoms with E-state index >= 15 is 0 Å². The van der Waals surface area contributed by atoms with Crippen LogP contribution in [0.15, 0.2) is 48.6 Å². The first kappa shape index (κ1) is 8.96. The van der Waals surface area contributed by atoms with Gasteiger partial charge in [-0.15, -0.1) is 0 Å². The molecular formula is C15H16. The van der Waals surface area contributed by atoms with Crippen LogP contribution in [0.5, 0.6) is 0 Å². The van der Waals surface area contributed by atoms with Crippen molar-refractivity contribution in [3.05, 3.63) is 54.1 Å². The molecule has 0 spiro atoms. The maximum atomic E-state index is 2.42. The van der Waals surface area contributed by atoms with Crippen LogP contribution in [0.1, 0.15) is 24.8 Å². The Morgan fingerprint density at radius 3 is 2.87 bits per heavy atom. The zero-order valence-corrected chi connectivity index (χ0v) is 8.89. The molecule has 0 aromatic heterocycles. The normalized spacial score (nSPS) is 32.9. The van der Waals surface area contributed by atoms with Gasteiger partial charge in [0.25, 0.3) is 0 Å². The number of benzene rings is 1. The molecular weight excluding hydrogens is 180 g/mol. The Bertz CT molecular complexity index is 399. The summed E-state index contributed by atoms with van der Waals surface area (Å²) in [6.45, 7) is 0. The molecule has 15 heavy (non-hydrogen) atoms. The highest BCUT2D eigenvalue weighted by molar-refractivity contribution is 5.52. The van der Waals surface area contributed by atoms with E-state index in [1.807, 2.05) is 0 Å². The Morgan fingerprint density at radius 2 is 2.07 bits per heavy atom. The number of allylic oxidation sites excluding steroid dienone is 3. The molecule has 76 valence electrons. The fourth-order valence-corrected chi connectivity index (χ4v) is 2.62. The minimum absolute atomic E-state index is 0.439. The summed E-state index contributed by atoms with van der Waals surface area (Å²) < 4.78 is 0. The van der Waals surface area contributed by atoms with Crippen LogP contribution in [-0.2, 0) is 0 Å². The van der Waals surface area contributed by atoms with Crippen molar-refractivity contribution in [2.45, 2.75) is 19.3 Å². The zero-order valence-electron chi connectivity index (χ0n) is 8.89. The summed E-state index contributed by atoms with van der Waals surface area (Å²) in [6, 6.07) is 10.6. The molecule has 0 saturated heterocycles. The molecule has 1 saturated carbocycles. The van der Waals surface area contributed by atoms with Crippen LogP contribution in [-0.4, -0.2) is 0 Å². The lowest BCUT2D eigenvalue weighted by atomic mass is 9.94. The summed E-state index contributed by atoms with van der Waals surface area (Å²) in [6.07, 6.45) is 13.5. The van der Waals surface area contributed by atoms with Gasteiger partial charge in [0.15, 0.2) is 0 Å². The van der Waals surface area contributed by atoms with Crippen molar-refractivity contribution < 1.29 is 0 Å². The molecule has 0 heterocycles. The Hall–Kier alpha value is -1.30. The molecule has 0 N–H and O–H groups in total. The van der Waals surface area contributed by atoms with Crippen LogP contribution in [0.2, 0.25) is 0 Å². The molecule has 2 aliphatic carbocycles. The Kier molecular flexibility index (Phi) is 2.02. The third-order valence-corrected chi connectivity index (χ3v) is 3.70. The first-order valence-electron chi connectivity index (χ1n) is 5.81. The van der Waals surface area contributed by atoms with Gasteiger partial charge in [0, 0.05) is 5.41 Å². The molecule has 0 aliphatic heterocycles. The monoisotopic (exact) mass is 196 g/mol. The fraction of sp³-hybridized carbons (Fsp3) is 0.333. The fourth-order valence-electron chi connectivity index (χ4n) is 2.62. The Labute approximate surface area is 91.3 Å². The lowest BCUT2D eigenvalue weighted by Gasteiger charge is -2.11. The zero-order chi connectivity index (χ0) is 10.1. The summed E-state index contributed by atoms with van der Waals surface area (Å²) in [7, 11) is 0. The Balaban J connectivity index is 1.79. The summed E-state index contributed by atoms with van der Waals surface area (Å²) in [5.41, 5.74) is 1.75. The van der Waals surface area contributed by atoms with Crippen molar-refractivity contribution >= 4 is 6.08 Å². The smallest absolute Gasteiger partial charge is 0.00960 e. The number of hydrogen-bond donors (Lipinski definition) is 0. The van der Waals surface area contributed by atoms with Gasteiger partial charge in [-0.3, -0.25) is 0 Å². The summed E-state index contributed by atoms with van der Waals surface area (Å²) in [5.74, 6) is 0.933. The molecule has 1 fully saturated rings. The third kappa shape index (κ3) is 1.65.